The van der Waals surface area contributed by atoms with Crippen molar-refractivity contribution in [1.29, 1.82) is 0 Å². The summed E-state index contributed by atoms with van der Waals surface area (Å²) in [5.41, 5.74) is 8.74. The smallest absolute Gasteiger partial charge is 0.0995 e. The van der Waals surface area contributed by atoms with E-state index in [1.54, 1.807) is 4.68 Å². The van der Waals surface area contributed by atoms with Crippen molar-refractivity contribution in [2.75, 3.05) is 0 Å². The minimum Gasteiger partial charge on any atom is -0.323 e. The van der Waals surface area contributed by atoms with Gasteiger partial charge < -0.3 is 5.73 Å². The monoisotopic (exact) mass is 202 g/mol. The number of benzene rings is 1. The highest BCUT2D eigenvalue weighted by Gasteiger charge is 2.05. The third-order valence-corrected chi connectivity index (χ3v) is 2.28. The standard InChI is InChI=1S/C11H14N4/c1-8-3-5-10(6-4-8)15-7-11(9(2)12)13-14-15/h3-7,9H,12H2,1-2H3. The van der Waals surface area contributed by atoms with E-state index in [2.05, 4.69) is 17.2 Å². The molecule has 1 atom stereocenters. The van der Waals surface area contributed by atoms with Crippen LogP contribution in [-0.2, 0) is 0 Å². The molecule has 15 heavy (non-hydrogen) atoms. The molecule has 1 heterocycles. The highest BCUT2D eigenvalue weighted by atomic mass is 15.4. The Kier molecular flexibility index (Phi) is 2.51. The Bertz CT molecular complexity index is 442. The van der Waals surface area contributed by atoms with Crippen molar-refractivity contribution in [2.45, 2.75) is 19.9 Å². The van der Waals surface area contributed by atoms with Gasteiger partial charge in [-0.2, -0.15) is 0 Å². The number of nitrogens with two attached hydrogens (primary N) is 1. The lowest BCUT2D eigenvalue weighted by Gasteiger charge is -2.00. The van der Waals surface area contributed by atoms with Gasteiger partial charge in [0.05, 0.1) is 17.6 Å². The summed E-state index contributed by atoms with van der Waals surface area (Å²) in [6.07, 6.45) is 1.86. The normalized spacial score (nSPS) is 12.7. The molecule has 0 aliphatic heterocycles. The van der Waals surface area contributed by atoms with Crippen LogP contribution in [0.25, 0.3) is 5.69 Å². The Morgan fingerprint density at radius 1 is 1.27 bits per heavy atom. The van der Waals surface area contributed by atoms with Gasteiger partial charge in [-0.05, 0) is 26.0 Å². The molecule has 78 valence electrons. The van der Waals surface area contributed by atoms with Crippen LogP contribution in [0.15, 0.2) is 30.5 Å². The number of nitrogens with zero attached hydrogens (tertiary/aromatic N) is 3. The summed E-state index contributed by atoms with van der Waals surface area (Å²) in [7, 11) is 0. The van der Waals surface area contributed by atoms with Crippen LogP contribution in [0, 0.1) is 6.92 Å². The van der Waals surface area contributed by atoms with E-state index in [0.717, 1.165) is 11.4 Å². The first-order chi connectivity index (χ1) is 7.16. The third-order valence-electron chi connectivity index (χ3n) is 2.28. The zero-order valence-electron chi connectivity index (χ0n) is 8.88. The fourth-order valence-corrected chi connectivity index (χ4v) is 1.31. The van der Waals surface area contributed by atoms with E-state index < -0.39 is 0 Å². The topological polar surface area (TPSA) is 56.7 Å². The number of hydrogen-bond donors (Lipinski definition) is 1. The van der Waals surface area contributed by atoms with Gasteiger partial charge in [0, 0.05) is 6.04 Å². The van der Waals surface area contributed by atoms with Crippen molar-refractivity contribution >= 4 is 0 Å². The van der Waals surface area contributed by atoms with Gasteiger partial charge in [0.15, 0.2) is 0 Å². The minimum absolute atomic E-state index is 0.0794. The summed E-state index contributed by atoms with van der Waals surface area (Å²) >= 11 is 0. The molecule has 0 bridgehead atoms. The van der Waals surface area contributed by atoms with Crippen LogP contribution < -0.4 is 5.73 Å². The van der Waals surface area contributed by atoms with Gasteiger partial charge in [0.1, 0.15) is 0 Å². The summed E-state index contributed by atoms with van der Waals surface area (Å²) < 4.78 is 1.73. The predicted molar refractivity (Wildman–Crippen MR) is 58.7 cm³/mol. The molecule has 0 aliphatic carbocycles. The molecule has 0 saturated carbocycles. The number of hydrogen-bond acceptors (Lipinski definition) is 3. The molecule has 4 nitrogen and oxygen atoms in total. The first kappa shape index (κ1) is 9.86. The van der Waals surface area contributed by atoms with Gasteiger partial charge >= 0.3 is 0 Å². The second-order valence-corrected chi connectivity index (χ2v) is 3.71. The maximum absolute atomic E-state index is 5.71. The molecule has 2 N–H and O–H groups in total. The molecule has 0 fully saturated rings. The van der Waals surface area contributed by atoms with E-state index in [1.807, 2.05) is 37.4 Å². The molecule has 4 heteroatoms. The lowest BCUT2D eigenvalue weighted by atomic mass is 10.2. The molecule has 0 amide bonds. The largest absolute Gasteiger partial charge is 0.323 e. The van der Waals surface area contributed by atoms with Crippen LogP contribution >= 0.6 is 0 Å². The summed E-state index contributed by atoms with van der Waals surface area (Å²) in [5, 5.41) is 8.03. The Morgan fingerprint density at radius 2 is 1.93 bits per heavy atom. The molecule has 2 aromatic rings. The average molecular weight is 202 g/mol. The van der Waals surface area contributed by atoms with E-state index in [-0.39, 0.29) is 6.04 Å². The third kappa shape index (κ3) is 2.05. The lowest BCUT2D eigenvalue weighted by molar-refractivity contribution is 0.756. The molecule has 1 aromatic heterocycles. The fourth-order valence-electron chi connectivity index (χ4n) is 1.31. The van der Waals surface area contributed by atoms with E-state index in [4.69, 9.17) is 5.73 Å². The second-order valence-electron chi connectivity index (χ2n) is 3.71. The molecule has 0 saturated heterocycles. The van der Waals surface area contributed by atoms with Crippen molar-refractivity contribution in [3.8, 4) is 5.69 Å². The number of aromatic nitrogens is 3. The van der Waals surface area contributed by atoms with Crippen molar-refractivity contribution in [1.82, 2.24) is 15.0 Å². The molecule has 0 spiro atoms. The quantitative estimate of drug-likeness (QED) is 0.804. The Hall–Kier alpha value is -1.68. The van der Waals surface area contributed by atoms with Gasteiger partial charge in [-0.1, -0.05) is 22.9 Å². The summed E-state index contributed by atoms with van der Waals surface area (Å²) in [4.78, 5) is 0. The molecular weight excluding hydrogens is 188 g/mol. The molecule has 1 aromatic carbocycles. The SMILES string of the molecule is Cc1ccc(-n2cc(C(C)N)nn2)cc1. The second kappa shape index (κ2) is 3.82. The maximum atomic E-state index is 5.71. The van der Waals surface area contributed by atoms with Crippen LogP contribution in [0.3, 0.4) is 0 Å². The summed E-state index contributed by atoms with van der Waals surface area (Å²) in [6, 6.07) is 8.03. The molecule has 2 rings (SSSR count). The molecular formula is C11H14N4. The van der Waals surface area contributed by atoms with Gasteiger partial charge in [0.2, 0.25) is 0 Å². The van der Waals surface area contributed by atoms with E-state index in [0.29, 0.717) is 0 Å². The van der Waals surface area contributed by atoms with E-state index in [9.17, 15) is 0 Å². The molecule has 0 aliphatic rings. The Morgan fingerprint density at radius 3 is 2.47 bits per heavy atom. The van der Waals surface area contributed by atoms with Crippen molar-refractivity contribution < 1.29 is 0 Å². The Labute approximate surface area is 88.7 Å². The first-order valence-corrected chi connectivity index (χ1v) is 4.91. The van der Waals surface area contributed by atoms with Crippen LogP contribution in [-0.4, -0.2) is 15.0 Å². The highest BCUT2D eigenvalue weighted by molar-refractivity contribution is 5.33. The minimum atomic E-state index is -0.0794. The van der Waals surface area contributed by atoms with Crippen molar-refractivity contribution in [2.24, 2.45) is 5.73 Å². The lowest BCUT2D eigenvalue weighted by Crippen LogP contribution is -2.04. The molecule has 0 radical (unpaired) electrons. The van der Waals surface area contributed by atoms with Crippen molar-refractivity contribution in [3.05, 3.63) is 41.7 Å². The van der Waals surface area contributed by atoms with Gasteiger partial charge in [-0.3, -0.25) is 0 Å². The first-order valence-electron chi connectivity index (χ1n) is 4.91. The summed E-state index contributed by atoms with van der Waals surface area (Å²) in [5.74, 6) is 0. The zero-order chi connectivity index (χ0) is 10.8. The summed E-state index contributed by atoms with van der Waals surface area (Å²) in [6.45, 7) is 3.95. The zero-order valence-corrected chi connectivity index (χ0v) is 8.88. The highest BCUT2D eigenvalue weighted by Crippen LogP contribution is 2.10. The van der Waals surface area contributed by atoms with Crippen LogP contribution in [0.5, 0.6) is 0 Å². The number of rotatable bonds is 2. The predicted octanol–water partition coefficient (Wildman–Crippen LogP) is 1.60. The van der Waals surface area contributed by atoms with Gasteiger partial charge in [-0.25, -0.2) is 4.68 Å². The van der Waals surface area contributed by atoms with E-state index in [1.165, 1.54) is 5.56 Å². The average Bonchev–Trinajstić information content (AvgIpc) is 2.68. The van der Waals surface area contributed by atoms with Crippen LogP contribution in [0.4, 0.5) is 0 Å². The van der Waals surface area contributed by atoms with Crippen molar-refractivity contribution in [3.63, 3.8) is 0 Å². The van der Waals surface area contributed by atoms with E-state index >= 15 is 0 Å². The van der Waals surface area contributed by atoms with Crippen LogP contribution in [0.2, 0.25) is 0 Å². The van der Waals surface area contributed by atoms with Crippen LogP contribution in [0.1, 0.15) is 24.2 Å². The van der Waals surface area contributed by atoms with Gasteiger partial charge in [-0.15, -0.1) is 5.10 Å². The molecule has 1 unspecified atom stereocenters. The fraction of sp³-hybridized carbons (Fsp3) is 0.273. The Balaban J connectivity index is 2.33. The number of aryl methyl sites for hydroxylation is 1. The maximum Gasteiger partial charge on any atom is 0.0995 e. The van der Waals surface area contributed by atoms with Gasteiger partial charge in [0.25, 0.3) is 0 Å².